The van der Waals surface area contributed by atoms with E-state index in [2.05, 4.69) is 0 Å². The number of rotatable bonds is 2. The Bertz CT molecular complexity index is 801. The van der Waals surface area contributed by atoms with Gasteiger partial charge in [-0.2, -0.15) is 13.2 Å². The molecule has 152 valence electrons. The van der Waals surface area contributed by atoms with Crippen LogP contribution in [0.1, 0.15) is 24.8 Å². The Balaban J connectivity index is 1.52. The minimum absolute atomic E-state index is 0.0719. The fourth-order valence-electron chi connectivity index (χ4n) is 4.00. The number of hydrogen-bond donors (Lipinski definition) is 0. The van der Waals surface area contributed by atoms with Crippen molar-refractivity contribution in [3.8, 4) is 0 Å². The van der Waals surface area contributed by atoms with Crippen molar-refractivity contribution in [2.24, 2.45) is 0 Å². The molecule has 1 aromatic rings. The van der Waals surface area contributed by atoms with Crippen molar-refractivity contribution in [1.29, 1.82) is 0 Å². The van der Waals surface area contributed by atoms with Crippen LogP contribution in [0.5, 0.6) is 0 Å². The van der Waals surface area contributed by atoms with Crippen LogP contribution >= 0.6 is 11.6 Å². The van der Waals surface area contributed by atoms with E-state index in [1.807, 2.05) is 4.90 Å². The zero-order valence-electron chi connectivity index (χ0n) is 14.8. The van der Waals surface area contributed by atoms with Crippen molar-refractivity contribution < 1.29 is 32.2 Å². The van der Waals surface area contributed by atoms with E-state index in [1.54, 1.807) is 0 Å². The van der Waals surface area contributed by atoms with Gasteiger partial charge in [0.25, 0.3) is 5.91 Å². The fourth-order valence-corrected chi connectivity index (χ4v) is 4.23. The Morgan fingerprint density at radius 1 is 1.11 bits per heavy atom. The smallest absolute Gasteiger partial charge is 0.347 e. The van der Waals surface area contributed by atoms with Gasteiger partial charge in [-0.15, -0.1) is 0 Å². The lowest BCUT2D eigenvalue weighted by Gasteiger charge is -2.39. The van der Waals surface area contributed by atoms with Crippen molar-refractivity contribution in [2.45, 2.75) is 37.3 Å². The summed E-state index contributed by atoms with van der Waals surface area (Å²) in [5.74, 6) is -1.66. The number of carbonyl (C=O) groups is 2. The highest BCUT2D eigenvalue weighted by atomic mass is 35.5. The summed E-state index contributed by atoms with van der Waals surface area (Å²) >= 11 is 5.63. The maximum Gasteiger partial charge on any atom is 0.417 e. The third-order valence-electron chi connectivity index (χ3n) is 5.45. The predicted molar refractivity (Wildman–Crippen MR) is 92.8 cm³/mol. The molecule has 1 atom stereocenters. The lowest BCUT2D eigenvalue weighted by atomic mass is 10.0. The summed E-state index contributed by atoms with van der Waals surface area (Å²) in [5, 5.41) is -0.482. The van der Waals surface area contributed by atoms with Gasteiger partial charge >= 0.3 is 6.18 Å². The molecule has 3 fully saturated rings. The third kappa shape index (κ3) is 3.41. The van der Waals surface area contributed by atoms with Gasteiger partial charge < -0.3 is 9.47 Å². The van der Waals surface area contributed by atoms with Crippen molar-refractivity contribution in [2.75, 3.05) is 31.2 Å². The first kappa shape index (κ1) is 19.6. The number of likely N-dealkylation sites (tertiary alicyclic amines) is 1. The maximum absolute atomic E-state index is 13.1. The molecule has 0 unspecified atom stereocenters. The second-order valence-corrected chi connectivity index (χ2v) is 7.50. The molecule has 0 radical (unpaired) electrons. The molecule has 2 amide bonds. The Morgan fingerprint density at radius 3 is 2.36 bits per heavy atom. The van der Waals surface area contributed by atoms with Gasteiger partial charge in [0.2, 0.25) is 5.91 Å². The Labute approximate surface area is 164 Å². The number of benzene rings is 1. The number of carbonyl (C=O) groups excluding carboxylic acids is 2. The standard InChI is InChI=1S/C18H18ClF3N2O4/c19-13-2-1-11(9-12(13)18(20,21)22)24-15(25)10-14(16(24)26)23-5-3-17(4-6-23)27-7-8-28-17/h1-2,9,14H,3-8,10H2/t14-/m1/s1. The Morgan fingerprint density at radius 2 is 1.75 bits per heavy atom. The van der Waals surface area contributed by atoms with Crippen LogP contribution in [0.4, 0.5) is 18.9 Å². The van der Waals surface area contributed by atoms with E-state index >= 15 is 0 Å². The van der Waals surface area contributed by atoms with E-state index in [4.69, 9.17) is 21.1 Å². The van der Waals surface area contributed by atoms with Crippen molar-refractivity contribution >= 4 is 29.1 Å². The Hall–Kier alpha value is -1.68. The second-order valence-electron chi connectivity index (χ2n) is 7.09. The van der Waals surface area contributed by atoms with Gasteiger partial charge in [-0.3, -0.25) is 14.5 Å². The van der Waals surface area contributed by atoms with Crippen LogP contribution in [0.15, 0.2) is 18.2 Å². The first-order chi connectivity index (χ1) is 13.2. The molecule has 1 spiro atoms. The van der Waals surface area contributed by atoms with Gasteiger partial charge in [-0.1, -0.05) is 11.6 Å². The van der Waals surface area contributed by atoms with Gasteiger partial charge in [0, 0.05) is 25.9 Å². The van der Waals surface area contributed by atoms with E-state index in [0.29, 0.717) is 39.1 Å². The quantitative estimate of drug-likeness (QED) is 0.691. The van der Waals surface area contributed by atoms with Gasteiger partial charge in [0.15, 0.2) is 5.79 Å². The van der Waals surface area contributed by atoms with E-state index in [0.717, 1.165) is 17.0 Å². The van der Waals surface area contributed by atoms with Crippen LogP contribution < -0.4 is 4.90 Å². The lowest BCUT2D eigenvalue weighted by molar-refractivity contribution is -0.188. The number of ether oxygens (including phenoxy) is 2. The molecular weight excluding hydrogens is 401 g/mol. The number of imide groups is 1. The molecule has 0 N–H and O–H groups in total. The van der Waals surface area contributed by atoms with E-state index < -0.39 is 40.4 Å². The largest absolute Gasteiger partial charge is 0.417 e. The number of piperidine rings is 1. The number of amides is 2. The summed E-state index contributed by atoms with van der Waals surface area (Å²) < 4.78 is 50.7. The van der Waals surface area contributed by atoms with Crippen LogP contribution in [-0.4, -0.2) is 54.8 Å². The van der Waals surface area contributed by atoms with Crippen LogP contribution in [0.25, 0.3) is 0 Å². The molecule has 3 saturated heterocycles. The molecule has 28 heavy (non-hydrogen) atoms. The summed E-state index contributed by atoms with van der Waals surface area (Å²) in [6.07, 6.45) is -3.60. The first-order valence-corrected chi connectivity index (χ1v) is 9.33. The molecule has 10 heteroatoms. The lowest BCUT2D eigenvalue weighted by Crippen LogP contribution is -2.51. The van der Waals surface area contributed by atoms with Crippen LogP contribution in [0.2, 0.25) is 5.02 Å². The molecule has 3 aliphatic heterocycles. The summed E-state index contributed by atoms with van der Waals surface area (Å²) in [4.78, 5) is 28.0. The number of alkyl halides is 3. The number of anilines is 1. The van der Waals surface area contributed by atoms with Gasteiger partial charge in [-0.25, -0.2) is 4.90 Å². The molecule has 3 heterocycles. The highest BCUT2D eigenvalue weighted by Crippen LogP contribution is 2.39. The minimum Gasteiger partial charge on any atom is -0.347 e. The van der Waals surface area contributed by atoms with Crippen LogP contribution in [-0.2, 0) is 25.2 Å². The highest BCUT2D eigenvalue weighted by Gasteiger charge is 2.47. The van der Waals surface area contributed by atoms with E-state index in [-0.39, 0.29) is 12.1 Å². The molecule has 4 rings (SSSR count). The molecule has 0 saturated carbocycles. The van der Waals surface area contributed by atoms with Gasteiger partial charge in [-0.05, 0) is 18.2 Å². The van der Waals surface area contributed by atoms with Gasteiger partial charge in [0.1, 0.15) is 0 Å². The number of nitrogens with zero attached hydrogens (tertiary/aromatic N) is 2. The zero-order chi connectivity index (χ0) is 20.1. The van der Waals surface area contributed by atoms with E-state index in [1.165, 1.54) is 6.07 Å². The first-order valence-electron chi connectivity index (χ1n) is 8.96. The molecule has 1 aromatic carbocycles. The fraction of sp³-hybridized carbons (Fsp3) is 0.556. The Kier molecular flexibility index (Phi) is 4.89. The summed E-state index contributed by atoms with van der Waals surface area (Å²) in [5.41, 5.74) is -1.20. The topological polar surface area (TPSA) is 59.1 Å². The maximum atomic E-state index is 13.1. The third-order valence-corrected chi connectivity index (χ3v) is 5.78. The zero-order valence-corrected chi connectivity index (χ0v) is 15.6. The molecule has 3 aliphatic rings. The average Bonchev–Trinajstić information content (AvgIpc) is 3.20. The molecule has 0 aliphatic carbocycles. The van der Waals surface area contributed by atoms with Crippen molar-refractivity contribution in [1.82, 2.24) is 4.90 Å². The average molecular weight is 419 g/mol. The number of halogens is 4. The van der Waals surface area contributed by atoms with E-state index in [9.17, 15) is 22.8 Å². The van der Waals surface area contributed by atoms with Crippen molar-refractivity contribution in [3.05, 3.63) is 28.8 Å². The van der Waals surface area contributed by atoms with Gasteiger partial charge in [0.05, 0.1) is 41.9 Å². The highest BCUT2D eigenvalue weighted by molar-refractivity contribution is 6.31. The summed E-state index contributed by atoms with van der Waals surface area (Å²) in [6.45, 7) is 2.08. The molecule has 6 nitrogen and oxygen atoms in total. The van der Waals surface area contributed by atoms with Crippen LogP contribution in [0.3, 0.4) is 0 Å². The minimum atomic E-state index is -4.68. The second kappa shape index (κ2) is 6.98. The number of hydrogen-bond acceptors (Lipinski definition) is 5. The molecule has 0 aromatic heterocycles. The summed E-state index contributed by atoms with van der Waals surface area (Å²) in [6, 6.07) is 2.34. The molecule has 0 bridgehead atoms. The summed E-state index contributed by atoms with van der Waals surface area (Å²) in [7, 11) is 0. The predicted octanol–water partition coefficient (Wildman–Crippen LogP) is 2.83. The SMILES string of the molecule is O=C1C[C@@H](N2CCC3(CC2)OCCO3)C(=O)N1c1ccc(Cl)c(C(F)(F)F)c1. The van der Waals surface area contributed by atoms with Crippen LogP contribution in [0, 0.1) is 0 Å². The monoisotopic (exact) mass is 418 g/mol. The van der Waals surface area contributed by atoms with Crippen molar-refractivity contribution in [3.63, 3.8) is 0 Å². The molecular formula is C18H18ClF3N2O4. The normalized spacial score (nSPS) is 25.9.